The van der Waals surface area contributed by atoms with Crippen LogP contribution in [0.25, 0.3) is 0 Å². The van der Waals surface area contributed by atoms with Gasteiger partial charge in [0.1, 0.15) is 11.1 Å². The van der Waals surface area contributed by atoms with Gasteiger partial charge < -0.3 is 15.0 Å². The third kappa shape index (κ3) is 5.02. The molecule has 12 heteroatoms. The normalized spacial score (nSPS) is 16.8. The minimum absolute atomic E-state index is 0.0869. The maximum absolute atomic E-state index is 13.0. The number of carbonyl (C=O) groups excluding carboxylic acids is 2. The molecule has 1 saturated heterocycles. The van der Waals surface area contributed by atoms with Crippen LogP contribution in [0.4, 0.5) is 5.13 Å². The van der Waals surface area contributed by atoms with Crippen molar-refractivity contribution in [3.8, 4) is 0 Å². The summed E-state index contributed by atoms with van der Waals surface area (Å²) >= 11 is 1.08. The topological polar surface area (TPSA) is 144 Å². The van der Waals surface area contributed by atoms with E-state index in [-0.39, 0.29) is 27.7 Å². The van der Waals surface area contributed by atoms with Crippen LogP contribution in [-0.4, -0.2) is 62.6 Å². The van der Waals surface area contributed by atoms with E-state index in [4.69, 9.17) is 9.88 Å². The number of amides is 2. The van der Waals surface area contributed by atoms with Crippen LogP contribution in [-0.2, 0) is 14.8 Å². The maximum atomic E-state index is 13.0. The number of carbonyl (C=O) groups is 2. The molecule has 162 valence electrons. The van der Waals surface area contributed by atoms with E-state index in [0.29, 0.717) is 30.3 Å². The van der Waals surface area contributed by atoms with Gasteiger partial charge in [0, 0.05) is 25.2 Å². The second-order valence-corrected chi connectivity index (χ2v) is 9.14. The maximum Gasteiger partial charge on any atom is 0.267 e. The molecule has 1 unspecified atom stereocenters. The zero-order valence-electron chi connectivity index (χ0n) is 16.5. The van der Waals surface area contributed by atoms with E-state index in [1.54, 1.807) is 11.8 Å². The van der Waals surface area contributed by atoms with E-state index >= 15 is 0 Å². The summed E-state index contributed by atoms with van der Waals surface area (Å²) in [5.41, 5.74) is 0.743. The summed E-state index contributed by atoms with van der Waals surface area (Å²) < 4.78 is 28.3. The fourth-order valence-corrected chi connectivity index (χ4v) is 4.41. The highest BCUT2D eigenvalue weighted by Crippen LogP contribution is 2.25. The van der Waals surface area contributed by atoms with Crippen LogP contribution in [0.1, 0.15) is 32.6 Å². The lowest BCUT2D eigenvalue weighted by Crippen LogP contribution is -2.51. The molecule has 3 rings (SSSR count). The average molecular weight is 454 g/mol. The molecule has 2 heterocycles. The first-order valence-corrected chi connectivity index (χ1v) is 11.6. The third-order valence-electron chi connectivity index (χ3n) is 4.51. The smallest absolute Gasteiger partial charge is 0.267 e. The molecule has 1 aromatic heterocycles. The van der Waals surface area contributed by atoms with Gasteiger partial charge in [0.25, 0.3) is 11.8 Å². The van der Waals surface area contributed by atoms with Crippen molar-refractivity contribution in [2.45, 2.75) is 25.0 Å². The summed E-state index contributed by atoms with van der Waals surface area (Å²) in [6, 6.07) is 5.22. The number of likely N-dealkylation sites (N-methyl/N-ethyl adjacent to an activating group) is 1. The Morgan fingerprint density at radius 2 is 2.07 bits per heavy atom. The van der Waals surface area contributed by atoms with Crippen LogP contribution >= 0.6 is 11.3 Å². The van der Waals surface area contributed by atoms with Crippen molar-refractivity contribution in [2.24, 2.45) is 5.14 Å². The predicted octanol–water partition coefficient (Wildman–Crippen LogP) is 0.759. The molecule has 4 N–H and O–H groups in total. The Morgan fingerprint density at radius 1 is 1.37 bits per heavy atom. The van der Waals surface area contributed by atoms with Gasteiger partial charge in [-0.2, -0.15) is 0 Å². The fourth-order valence-electron chi connectivity index (χ4n) is 2.97. The quantitative estimate of drug-likeness (QED) is 0.586. The standard InChI is InChI=1S/C18H23N5O5S2/c1-3-23(14-10-20-8-9-28-14)17(25)15-11(2)21-18(29-15)22-16(24)12-4-6-13(7-5-12)30(19,26)27/h4-7,14,20H,3,8-10H2,1-2H3,(H2,19,26,27)(H,21,22,24). The number of morpholine rings is 1. The van der Waals surface area contributed by atoms with Crippen molar-refractivity contribution in [1.29, 1.82) is 0 Å². The molecule has 1 aliphatic heterocycles. The van der Waals surface area contributed by atoms with Crippen LogP contribution < -0.4 is 15.8 Å². The Labute approximate surface area is 178 Å². The van der Waals surface area contributed by atoms with Crippen LogP contribution in [0.5, 0.6) is 0 Å². The molecule has 1 fully saturated rings. The SMILES string of the molecule is CCN(C(=O)c1sc(NC(=O)c2ccc(S(N)(=O)=O)cc2)nc1C)C1CNCCO1. The number of hydrogen-bond acceptors (Lipinski definition) is 8. The largest absolute Gasteiger partial charge is 0.356 e. The van der Waals surface area contributed by atoms with Crippen molar-refractivity contribution in [2.75, 3.05) is 31.6 Å². The first-order valence-electron chi connectivity index (χ1n) is 9.25. The van der Waals surface area contributed by atoms with Gasteiger partial charge >= 0.3 is 0 Å². The Morgan fingerprint density at radius 3 is 2.63 bits per heavy atom. The van der Waals surface area contributed by atoms with Crippen molar-refractivity contribution < 1.29 is 22.7 Å². The number of benzene rings is 1. The Balaban J connectivity index is 1.73. The minimum Gasteiger partial charge on any atom is -0.356 e. The number of aromatic nitrogens is 1. The van der Waals surface area contributed by atoms with Crippen molar-refractivity contribution >= 4 is 38.3 Å². The van der Waals surface area contributed by atoms with Crippen LogP contribution in [0, 0.1) is 6.92 Å². The number of nitrogens with zero attached hydrogens (tertiary/aromatic N) is 2. The second kappa shape index (κ2) is 9.18. The molecule has 2 amide bonds. The highest BCUT2D eigenvalue weighted by Gasteiger charge is 2.28. The second-order valence-electron chi connectivity index (χ2n) is 6.58. The van der Waals surface area contributed by atoms with E-state index in [9.17, 15) is 18.0 Å². The van der Waals surface area contributed by atoms with Crippen molar-refractivity contribution in [3.63, 3.8) is 0 Å². The number of nitrogens with one attached hydrogen (secondary N) is 2. The van der Waals surface area contributed by atoms with Gasteiger partial charge in [0.05, 0.1) is 17.2 Å². The summed E-state index contributed by atoms with van der Waals surface area (Å²) in [5.74, 6) is -0.685. The lowest BCUT2D eigenvalue weighted by atomic mass is 10.2. The highest BCUT2D eigenvalue weighted by atomic mass is 32.2. The van der Waals surface area contributed by atoms with Gasteiger partial charge in [-0.1, -0.05) is 11.3 Å². The van der Waals surface area contributed by atoms with Gasteiger partial charge in [-0.15, -0.1) is 0 Å². The van der Waals surface area contributed by atoms with Crippen LogP contribution in [0.2, 0.25) is 0 Å². The molecule has 1 aliphatic rings. The van der Waals surface area contributed by atoms with Gasteiger partial charge in [0.15, 0.2) is 5.13 Å². The van der Waals surface area contributed by atoms with Gasteiger partial charge in [0.2, 0.25) is 10.0 Å². The lowest BCUT2D eigenvalue weighted by Gasteiger charge is -2.33. The molecule has 1 atom stereocenters. The number of anilines is 1. The molecule has 1 aromatic carbocycles. The van der Waals surface area contributed by atoms with E-state index < -0.39 is 15.9 Å². The van der Waals surface area contributed by atoms with E-state index in [1.807, 2.05) is 6.92 Å². The Bertz CT molecular complexity index is 1030. The average Bonchev–Trinajstić information content (AvgIpc) is 3.08. The number of ether oxygens (including phenoxy) is 1. The van der Waals surface area contributed by atoms with E-state index in [0.717, 1.165) is 17.9 Å². The number of nitrogens with two attached hydrogens (primary N) is 1. The molecular weight excluding hydrogens is 430 g/mol. The molecule has 30 heavy (non-hydrogen) atoms. The number of rotatable bonds is 6. The molecule has 0 bridgehead atoms. The summed E-state index contributed by atoms with van der Waals surface area (Å²) in [6.45, 7) is 5.88. The van der Waals surface area contributed by atoms with Crippen LogP contribution in [0.3, 0.4) is 0 Å². The first kappa shape index (κ1) is 22.3. The molecular formula is C18H23N5O5S2. The minimum atomic E-state index is -3.83. The van der Waals surface area contributed by atoms with Gasteiger partial charge in [-0.25, -0.2) is 18.5 Å². The summed E-state index contributed by atoms with van der Waals surface area (Å²) in [5, 5.41) is 11.2. The molecule has 0 spiro atoms. The number of hydrogen-bond donors (Lipinski definition) is 3. The summed E-state index contributed by atoms with van der Waals surface area (Å²) in [7, 11) is -3.83. The Kier molecular flexibility index (Phi) is 6.83. The first-order chi connectivity index (χ1) is 14.2. The van der Waals surface area contributed by atoms with E-state index in [1.165, 1.54) is 24.3 Å². The van der Waals surface area contributed by atoms with Crippen molar-refractivity contribution in [3.05, 3.63) is 40.4 Å². The number of thiazole rings is 1. The lowest BCUT2D eigenvalue weighted by molar-refractivity contribution is -0.0586. The monoisotopic (exact) mass is 453 g/mol. The highest BCUT2D eigenvalue weighted by molar-refractivity contribution is 7.89. The predicted molar refractivity (Wildman–Crippen MR) is 112 cm³/mol. The zero-order chi connectivity index (χ0) is 21.9. The Hall–Kier alpha value is -2.38. The van der Waals surface area contributed by atoms with E-state index in [2.05, 4.69) is 15.6 Å². The van der Waals surface area contributed by atoms with Gasteiger partial charge in [-0.3, -0.25) is 14.9 Å². The molecule has 0 saturated carbocycles. The molecule has 0 radical (unpaired) electrons. The summed E-state index contributed by atoms with van der Waals surface area (Å²) in [6.07, 6.45) is -0.354. The van der Waals surface area contributed by atoms with Gasteiger partial charge in [-0.05, 0) is 38.1 Å². The molecule has 0 aliphatic carbocycles. The van der Waals surface area contributed by atoms with Crippen molar-refractivity contribution in [1.82, 2.24) is 15.2 Å². The summed E-state index contributed by atoms with van der Waals surface area (Å²) in [4.78, 5) is 31.7. The number of primary sulfonamides is 1. The molecule has 10 nitrogen and oxygen atoms in total. The third-order valence-corrected chi connectivity index (χ3v) is 6.50. The molecule has 2 aromatic rings. The zero-order valence-corrected chi connectivity index (χ0v) is 18.2. The van der Waals surface area contributed by atoms with Crippen LogP contribution in [0.15, 0.2) is 29.2 Å². The number of sulfonamides is 1. The fraction of sp³-hybridized carbons (Fsp3) is 0.389. The number of aryl methyl sites for hydroxylation is 1.